The summed E-state index contributed by atoms with van der Waals surface area (Å²) in [6.07, 6.45) is 3.98. The zero-order valence-electron chi connectivity index (χ0n) is 6.58. The zero-order valence-corrected chi connectivity index (χ0v) is 6.58. The molecule has 3 nitrogen and oxygen atoms in total. The lowest BCUT2D eigenvalue weighted by Crippen LogP contribution is -2.34. The molecule has 1 aliphatic heterocycles. The Bertz CT molecular complexity index is 150. The lowest BCUT2D eigenvalue weighted by atomic mass is 10.1. The normalized spacial score (nSPS) is 19.6. The first-order valence-corrected chi connectivity index (χ1v) is 4.03. The molecule has 1 rings (SSSR count). The predicted octanol–water partition coefficient (Wildman–Crippen LogP) is 0.240. The maximum absolute atomic E-state index is 10.7. The van der Waals surface area contributed by atoms with Crippen molar-refractivity contribution in [2.24, 2.45) is 0 Å². The standard InChI is InChI=1S/C8H13NO2/c10-7-8(11)6-9-4-2-1-3-5-9/h7H,1-6H2. The molecule has 1 aliphatic rings. The summed E-state index contributed by atoms with van der Waals surface area (Å²) in [5.74, 6) is -0.299. The van der Waals surface area contributed by atoms with Gasteiger partial charge in [-0.2, -0.15) is 0 Å². The molecule has 0 aromatic carbocycles. The number of ketones is 1. The molecule has 0 N–H and O–H groups in total. The second-order valence-electron chi connectivity index (χ2n) is 2.92. The van der Waals surface area contributed by atoms with E-state index in [0.29, 0.717) is 12.8 Å². The Hall–Kier alpha value is -0.700. The molecule has 0 amide bonds. The summed E-state index contributed by atoms with van der Waals surface area (Å²) in [6, 6.07) is 0. The highest BCUT2D eigenvalue weighted by molar-refractivity contribution is 6.25. The van der Waals surface area contributed by atoms with E-state index in [1.807, 2.05) is 4.90 Å². The molecule has 0 saturated carbocycles. The molecule has 0 aliphatic carbocycles. The van der Waals surface area contributed by atoms with Crippen molar-refractivity contribution in [3.63, 3.8) is 0 Å². The van der Waals surface area contributed by atoms with Crippen LogP contribution in [0.2, 0.25) is 0 Å². The number of nitrogens with zero attached hydrogens (tertiary/aromatic N) is 1. The van der Waals surface area contributed by atoms with Crippen molar-refractivity contribution in [2.45, 2.75) is 19.3 Å². The number of aldehydes is 1. The minimum absolute atomic E-state index is 0.299. The Balaban J connectivity index is 2.24. The van der Waals surface area contributed by atoms with Gasteiger partial charge < -0.3 is 0 Å². The molecule has 0 bridgehead atoms. The van der Waals surface area contributed by atoms with Crippen LogP contribution in [0.1, 0.15) is 19.3 Å². The van der Waals surface area contributed by atoms with Crippen LogP contribution in [0, 0.1) is 0 Å². The third-order valence-corrected chi connectivity index (χ3v) is 1.96. The molecular weight excluding hydrogens is 142 g/mol. The van der Waals surface area contributed by atoms with Crippen LogP contribution < -0.4 is 0 Å². The zero-order chi connectivity index (χ0) is 8.10. The van der Waals surface area contributed by atoms with E-state index in [9.17, 15) is 9.59 Å². The number of hydrogen-bond acceptors (Lipinski definition) is 3. The lowest BCUT2D eigenvalue weighted by molar-refractivity contribution is -0.130. The topological polar surface area (TPSA) is 37.4 Å². The molecule has 11 heavy (non-hydrogen) atoms. The van der Waals surface area contributed by atoms with E-state index in [2.05, 4.69) is 0 Å². The van der Waals surface area contributed by atoms with Gasteiger partial charge in [0.15, 0.2) is 6.29 Å². The van der Waals surface area contributed by atoms with Crippen LogP contribution in [-0.2, 0) is 9.59 Å². The van der Waals surface area contributed by atoms with Gasteiger partial charge in [0, 0.05) is 0 Å². The quantitative estimate of drug-likeness (QED) is 0.433. The van der Waals surface area contributed by atoms with E-state index in [4.69, 9.17) is 0 Å². The van der Waals surface area contributed by atoms with Gasteiger partial charge in [0.2, 0.25) is 5.78 Å². The van der Waals surface area contributed by atoms with Gasteiger partial charge in [0.05, 0.1) is 6.54 Å². The van der Waals surface area contributed by atoms with Crippen LogP contribution in [0.4, 0.5) is 0 Å². The molecule has 0 aromatic heterocycles. The number of rotatable bonds is 3. The van der Waals surface area contributed by atoms with Crippen LogP contribution in [0.25, 0.3) is 0 Å². The minimum atomic E-state index is -0.299. The van der Waals surface area contributed by atoms with Crippen molar-refractivity contribution >= 4 is 12.1 Å². The van der Waals surface area contributed by atoms with Gasteiger partial charge in [-0.3, -0.25) is 14.5 Å². The molecule has 1 fully saturated rings. The van der Waals surface area contributed by atoms with Gasteiger partial charge >= 0.3 is 0 Å². The van der Waals surface area contributed by atoms with Crippen molar-refractivity contribution < 1.29 is 9.59 Å². The van der Waals surface area contributed by atoms with Gasteiger partial charge in [-0.25, -0.2) is 0 Å². The predicted molar refractivity (Wildman–Crippen MR) is 41.4 cm³/mol. The molecule has 0 radical (unpaired) electrons. The fourth-order valence-corrected chi connectivity index (χ4v) is 1.38. The molecule has 0 unspecified atom stereocenters. The third-order valence-electron chi connectivity index (χ3n) is 1.96. The average molecular weight is 155 g/mol. The van der Waals surface area contributed by atoms with Gasteiger partial charge in [0.25, 0.3) is 0 Å². The third kappa shape index (κ3) is 2.80. The number of carbonyl (C=O) groups excluding carboxylic acids is 2. The minimum Gasteiger partial charge on any atom is -0.296 e. The van der Waals surface area contributed by atoms with E-state index in [1.54, 1.807) is 0 Å². The second kappa shape index (κ2) is 4.23. The summed E-state index contributed by atoms with van der Waals surface area (Å²) in [4.78, 5) is 22.7. The fourth-order valence-electron chi connectivity index (χ4n) is 1.38. The molecule has 0 atom stereocenters. The number of piperidine rings is 1. The Labute approximate surface area is 66.4 Å². The Morgan fingerprint density at radius 1 is 1.27 bits per heavy atom. The SMILES string of the molecule is O=CC(=O)CN1CCCCC1. The van der Waals surface area contributed by atoms with E-state index in [1.165, 1.54) is 6.42 Å². The number of Topliss-reactive ketones (excluding diaryl/α,β-unsaturated/α-hetero) is 1. The van der Waals surface area contributed by atoms with Crippen molar-refractivity contribution in [3.05, 3.63) is 0 Å². The molecule has 3 heteroatoms. The largest absolute Gasteiger partial charge is 0.296 e. The Kier molecular flexibility index (Phi) is 3.23. The van der Waals surface area contributed by atoms with Crippen molar-refractivity contribution in [2.75, 3.05) is 19.6 Å². The van der Waals surface area contributed by atoms with E-state index >= 15 is 0 Å². The van der Waals surface area contributed by atoms with Gasteiger partial charge in [-0.1, -0.05) is 6.42 Å². The monoisotopic (exact) mass is 155 g/mol. The number of carbonyl (C=O) groups is 2. The van der Waals surface area contributed by atoms with Gasteiger partial charge in [-0.15, -0.1) is 0 Å². The first kappa shape index (κ1) is 8.40. The molecule has 62 valence electrons. The van der Waals surface area contributed by atoms with Crippen LogP contribution in [0.15, 0.2) is 0 Å². The summed E-state index contributed by atoms with van der Waals surface area (Å²) < 4.78 is 0. The van der Waals surface area contributed by atoms with Crippen molar-refractivity contribution in [3.8, 4) is 0 Å². The molecule has 1 saturated heterocycles. The summed E-state index contributed by atoms with van der Waals surface area (Å²) in [6.45, 7) is 2.27. The van der Waals surface area contributed by atoms with Crippen LogP contribution in [0.3, 0.4) is 0 Å². The first-order valence-electron chi connectivity index (χ1n) is 4.03. The molecule has 1 heterocycles. The number of likely N-dealkylation sites (tertiary alicyclic amines) is 1. The molecular formula is C8H13NO2. The van der Waals surface area contributed by atoms with Gasteiger partial charge in [0.1, 0.15) is 0 Å². The molecule has 0 aromatic rings. The highest BCUT2D eigenvalue weighted by Crippen LogP contribution is 2.07. The van der Waals surface area contributed by atoms with Crippen molar-refractivity contribution in [1.29, 1.82) is 0 Å². The van der Waals surface area contributed by atoms with Crippen LogP contribution in [-0.4, -0.2) is 36.6 Å². The van der Waals surface area contributed by atoms with E-state index in [0.717, 1.165) is 25.9 Å². The first-order chi connectivity index (χ1) is 5.33. The summed E-state index contributed by atoms with van der Waals surface area (Å²) in [5, 5.41) is 0. The van der Waals surface area contributed by atoms with Gasteiger partial charge in [-0.05, 0) is 25.9 Å². The average Bonchev–Trinajstić information content (AvgIpc) is 2.06. The Morgan fingerprint density at radius 3 is 2.45 bits per heavy atom. The number of hydrogen-bond donors (Lipinski definition) is 0. The fraction of sp³-hybridized carbons (Fsp3) is 0.750. The summed E-state index contributed by atoms with van der Waals surface area (Å²) in [5.41, 5.74) is 0. The van der Waals surface area contributed by atoms with E-state index < -0.39 is 0 Å². The van der Waals surface area contributed by atoms with E-state index in [-0.39, 0.29) is 5.78 Å². The highest BCUT2D eigenvalue weighted by atomic mass is 16.2. The summed E-state index contributed by atoms with van der Waals surface area (Å²) in [7, 11) is 0. The highest BCUT2D eigenvalue weighted by Gasteiger charge is 2.12. The maximum Gasteiger partial charge on any atom is 0.209 e. The van der Waals surface area contributed by atoms with Crippen LogP contribution in [0.5, 0.6) is 0 Å². The Morgan fingerprint density at radius 2 is 1.91 bits per heavy atom. The maximum atomic E-state index is 10.7. The summed E-state index contributed by atoms with van der Waals surface area (Å²) >= 11 is 0. The smallest absolute Gasteiger partial charge is 0.209 e. The molecule has 0 spiro atoms. The van der Waals surface area contributed by atoms with Crippen LogP contribution >= 0.6 is 0 Å². The second-order valence-corrected chi connectivity index (χ2v) is 2.92. The van der Waals surface area contributed by atoms with Crippen molar-refractivity contribution in [1.82, 2.24) is 4.90 Å². The lowest BCUT2D eigenvalue weighted by Gasteiger charge is -2.24.